The number of anilines is 2. The summed E-state index contributed by atoms with van der Waals surface area (Å²) in [6, 6.07) is 20.5. The molecule has 0 aliphatic carbocycles. The normalized spacial score (nSPS) is 10.5. The van der Waals surface area contributed by atoms with Crippen LogP contribution in [0.25, 0.3) is 0 Å². The summed E-state index contributed by atoms with van der Waals surface area (Å²) in [6.07, 6.45) is 1.34. The van der Waals surface area contributed by atoms with Crippen LogP contribution in [-0.4, -0.2) is 37.1 Å². The van der Waals surface area contributed by atoms with E-state index in [1.54, 1.807) is 54.6 Å². The summed E-state index contributed by atoms with van der Waals surface area (Å²) >= 11 is 5.97. The molecule has 10 heteroatoms. The maximum atomic E-state index is 12.1. The number of hydrogen-bond donors (Lipinski definition) is 3. The largest absolute Gasteiger partial charge is 0.490 e. The van der Waals surface area contributed by atoms with E-state index in [9.17, 15) is 14.4 Å². The molecule has 0 saturated heterocycles. The first kappa shape index (κ1) is 25.3. The Hall–Kier alpha value is -4.37. The molecule has 0 unspecified atom stereocenters. The van der Waals surface area contributed by atoms with Gasteiger partial charge in [-0.25, -0.2) is 5.43 Å². The summed E-state index contributed by atoms with van der Waals surface area (Å²) < 4.78 is 11.2. The molecule has 0 aromatic heterocycles. The highest BCUT2D eigenvalue weighted by molar-refractivity contribution is 6.41. The highest BCUT2D eigenvalue weighted by atomic mass is 35.5. The lowest BCUT2D eigenvalue weighted by atomic mass is 10.2. The number of hydrazone groups is 1. The lowest BCUT2D eigenvalue weighted by Gasteiger charge is -2.12. The summed E-state index contributed by atoms with van der Waals surface area (Å²) in [4.78, 5) is 36.1. The minimum Gasteiger partial charge on any atom is -0.490 e. The van der Waals surface area contributed by atoms with Gasteiger partial charge in [-0.15, -0.1) is 0 Å². The van der Waals surface area contributed by atoms with Crippen molar-refractivity contribution in [2.24, 2.45) is 5.10 Å². The van der Waals surface area contributed by atoms with E-state index in [0.717, 1.165) is 0 Å². The van der Waals surface area contributed by atoms with Crippen molar-refractivity contribution in [3.05, 3.63) is 83.4 Å². The average Bonchev–Trinajstić information content (AvgIpc) is 2.85. The van der Waals surface area contributed by atoms with Gasteiger partial charge < -0.3 is 20.1 Å². The number of amides is 3. The van der Waals surface area contributed by atoms with Gasteiger partial charge in [0.25, 0.3) is 5.91 Å². The highest BCUT2D eigenvalue weighted by Gasteiger charge is 2.14. The van der Waals surface area contributed by atoms with Crippen LogP contribution in [0.4, 0.5) is 11.4 Å². The smallest absolute Gasteiger partial charge is 0.329 e. The van der Waals surface area contributed by atoms with Crippen LogP contribution >= 0.6 is 11.6 Å². The molecule has 35 heavy (non-hydrogen) atoms. The molecule has 0 aliphatic heterocycles. The first-order chi connectivity index (χ1) is 17.0. The van der Waals surface area contributed by atoms with Gasteiger partial charge in [0.2, 0.25) is 0 Å². The Morgan fingerprint density at radius 1 is 0.886 bits per heavy atom. The van der Waals surface area contributed by atoms with Gasteiger partial charge in [0.1, 0.15) is 0 Å². The number of halogens is 1. The fourth-order valence-corrected chi connectivity index (χ4v) is 3.00. The Morgan fingerprint density at radius 3 is 2.37 bits per heavy atom. The second-order valence-corrected chi connectivity index (χ2v) is 7.38. The maximum Gasteiger partial charge on any atom is 0.329 e. The molecule has 0 radical (unpaired) electrons. The molecule has 0 aliphatic rings. The topological polar surface area (TPSA) is 118 Å². The van der Waals surface area contributed by atoms with Crippen molar-refractivity contribution in [3.8, 4) is 11.5 Å². The Bertz CT molecular complexity index is 1220. The van der Waals surface area contributed by atoms with Gasteiger partial charge in [0.15, 0.2) is 18.1 Å². The van der Waals surface area contributed by atoms with Gasteiger partial charge in [-0.2, -0.15) is 5.10 Å². The van der Waals surface area contributed by atoms with E-state index in [4.69, 9.17) is 21.1 Å². The summed E-state index contributed by atoms with van der Waals surface area (Å²) in [5.74, 6) is -1.43. The highest BCUT2D eigenvalue weighted by Crippen LogP contribution is 2.28. The molecule has 0 heterocycles. The predicted octanol–water partition coefficient (Wildman–Crippen LogP) is 3.85. The fraction of sp³-hybridized carbons (Fsp3) is 0.120. The predicted molar refractivity (Wildman–Crippen MR) is 134 cm³/mol. The Labute approximate surface area is 207 Å². The van der Waals surface area contributed by atoms with Crippen LogP contribution in [0.1, 0.15) is 12.5 Å². The number of carbonyl (C=O) groups is 3. The molecule has 3 amide bonds. The summed E-state index contributed by atoms with van der Waals surface area (Å²) in [5, 5.41) is 9.24. The third kappa shape index (κ3) is 7.86. The molecule has 3 rings (SSSR count). The van der Waals surface area contributed by atoms with E-state index in [0.29, 0.717) is 40.1 Å². The van der Waals surface area contributed by atoms with E-state index in [1.165, 1.54) is 6.21 Å². The molecule has 0 spiro atoms. The molecule has 9 nitrogen and oxygen atoms in total. The second kappa shape index (κ2) is 12.8. The molecule has 3 aromatic rings. The third-order valence-electron chi connectivity index (χ3n) is 4.39. The molecule has 3 aromatic carbocycles. The Morgan fingerprint density at radius 2 is 1.63 bits per heavy atom. The van der Waals surface area contributed by atoms with Crippen molar-refractivity contribution in [1.29, 1.82) is 0 Å². The lowest BCUT2D eigenvalue weighted by molar-refractivity contribution is -0.136. The zero-order valence-corrected chi connectivity index (χ0v) is 19.5. The SMILES string of the molecule is CCOc1cc(/C=N\NC(=O)C(=O)Nc2ccccc2Cl)ccc1OCC(=O)Nc1ccccc1. The number of rotatable bonds is 9. The minimum atomic E-state index is -0.962. The van der Waals surface area contributed by atoms with Crippen LogP contribution in [0, 0.1) is 0 Å². The molecule has 0 bridgehead atoms. The molecule has 0 saturated carbocycles. The minimum absolute atomic E-state index is 0.209. The number of benzene rings is 3. The standard InChI is InChI=1S/C25H23ClN4O5/c1-2-34-22-14-17(12-13-21(22)35-16-23(31)28-18-8-4-3-5-9-18)15-27-30-25(33)24(32)29-20-11-7-6-10-19(20)26/h3-15H,2,16H2,1H3,(H,28,31)(H,29,32)(H,30,33)/b27-15-. The fourth-order valence-electron chi connectivity index (χ4n) is 2.81. The van der Waals surface area contributed by atoms with Crippen LogP contribution < -0.4 is 25.5 Å². The molecule has 0 fully saturated rings. The van der Waals surface area contributed by atoms with Crippen molar-refractivity contribution in [3.63, 3.8) is 0 Å². The van der Waals surface area contributed by atoms with E-state index in [-0.39, 0.29) is 12.5 Å². The Balaban J connectivity index is 1.56. The van der Waals surface area contributed by atoms with Crippen molar-refractivity contribution >= 4 is 46.9 Å². The number of nitrogens with one attached hydrogen (secondary N) is 3. The molecule has 180 valence electrons. The quantitative estimate of drug-likeness (QED) is 0.237. The second-order valence-electron chi connectivity index (χ2n) is 6.98. The number of para-hydroxylation sites is 2. The average molecular weight is 495 g/mol. The molecule has 0 atom stereocenters. The van der Waals surface area contributed by atoms with Crippen molar-refractivity contribution in [1.82, 2.24) is 5.43 Å². The maximum absolute atomic E-state index is 12.1. The molecule has 3 N–H and O–H groups in total. The Kier molecular flexibility index (Phi) is 9.21. The van der Waals surface area contributed by atoms with Crippen molar-refractivity contribution in [2.45, 2.75) is 6.92 Å². The van der Waals surface area contributed by atoms with Crippen LogP contribution in [0.3, 0.4) is 0 Å². The van der Waals surface area contributed by atoms with Gasteiger partial charge in [-0.3, -0.25) is 14.4 Å². The van der Waals surface area contributed by atoms with Gasteiger partial charge >= 0.3 is 11.8 Å². The van der Waals surface area contributed by atoms with Gasteiger partial charge in [0.05, 0.1) is 23.5 Å². The number of hydrogen-bond acceptors (Lipinski definition) is 6. The van der Waals surface area contributed by atoms with Crippen LogP contribution in [0.5, 0.6) is 11.5 Å². The monoisotopic (exact) mass is 494 g/mol. The number of ether oxygens (including phenoxy) is 2. The van der Waals surface area contributed by atoms with Crippen LogP contribution in [-0.2, 0) is 14.4 Å². The number of carbonyl (C=O) groups excluding carboxylic acids is 3. The zero-order valence-electron chi connectivity index (χ0n) is 18.8. The summed E-state index contributed by atoms with van der Waals surface area (Å²) in [6.45, 7) is 1.97. The van der Waals surface area contributed by atoms with Crippen LogP contribution in [0.2, 0.25) is 5.02 Å². The first-order valence-corrected chi connectivity index (χ1v) is 11.0. The van der Waals surface area contributed by atoms with E-state index in [2.05, 4.69) is 21.2 Å². The van der Waals surface area contributed by atoms with Gasteiger partial charge in [-0.1, -0.05) is 41.9 Å². The van der Waals surface area contributed by atoms with Crippen molar-refractivity contribution < 1.29 is 23.9 Å². The van der Waals surface area contributed by atoms with Gasteiger partial charge in [-0.05, 0) is 55.0 Å². The van der Waals surface area contributed by atoms with E-state index >= 15 is 0 Å². The van der Waals surface area contributed by atoms with E-state index in [1.807, 2.05) is 25.1 Å². The summed E-state index contributed by atoms with van der Waals surface area (Å²) in [5.41, 5.74) is 3.70. The zero-order chi connectivity index (χ0) is 25.0. The van der Waals surface area contributed by atoms with Crippen molar-refractivity contribution in [2.75, 3.05) is 23.8 Å². The summed E-state index contributed by atoms with van der Waals surface area (Å²) in [7, 11) is 0. The first-order valence-electron chi connectivity index (χ1n) is 10.6. The number of nitrogens with zero attached hydrogens (tertiary/aromatic N) is 1. The third-order valence-corrected chi connectivity index (χ3v) is 4.72. The molecular weight excluding hydrogens is 472 g/mol. The van der Waals surface area contributed by atoms with Crippen LogP contribution in [0.15, 0.2) is 77.9 Å². The molecular formula is C25H23ClN4O5. The van der Waals surface area contributed by atoms with Gasteiger partial charge in [0, 0.05) is 5.69 Å². The lowest BCUT2D eigenvalue weighted by Crippen LogP contribution is -2.32. The van der Waals surface area contributed by atoms with E-state index < -0.39 is 11.8 Å².